The SMILES string of the molecule is C=Cc1cc(Oc2ccc3c4nc5nc(nc6[nH]c(nc7nc(nc([nH]4)c3c2)-c2ccc(C(C)(C)C)cc2-7)c2ccc(C(C)(C)C)cc62)-c2ccc(C(C)(C)C)cc2-5)c(C=C)cc1OCC(CC)CCCC. The Morgan fingerprint density at radius 3 is 1.44 bits per heavy atom. The van der Waals surface area contributed by atoms with Crippen molar-refractivity contribution in [1.29, 1.82) is 0 Å². The highest BCUT2D eigenvalue weighted by Gasteiger charge is 2.27. The lowest BCUT2D eigenvalue weighted by Crippen LogP contribution is -2.12. The van der Waals surface area contributed by atoms with E-state index in [0.717, 1.165) is 73.5 Å². The van der Waals surface area contributed by atoms with Crippen LogP contribution in [0, 0.1) is 5.92 Å². The molecule has 0 radical (unpaired) electrons. The van der Waals surface area contributed by atoms with Crippen molar-refractivity contribution in [3.05, 3.63) is 126 Å². The first-order valence-electron chi connectivity index (χ1n) is 25.5. The Morgan fingerprint density at radius 1 is 0.500 bits per heavy atom. The number of aromatic nitrogens is 8. The zero-order valence-electron chi connectivity index (χ0n) is 43.8. The number of nitrogens with zero attached hydrogens (tertiary/aromatic N) is 6. The molecule has 10 rings (SSSR count). The summed E-state index contributed by atoms with van der Waals surface area (Å²) < 4.78 is 13.2. The van der Waals surface area contributed by atoms with Gasteiger partial charge in [0.1, 0.15) is 39.8 Å². The van der Waals surface area contributed by atoms with Crippen LogP contribution in [-0.2, 0) is 16.2 Å². The van der Waals surface area contributed by atoms with Gasteiger partial charge in [-0.25, -0.2) is 29.9 Å². The van der Waals surface area contributed by atoms with Crippen molar-refractivity contribution in [2.75, 3.05) is 6.61 Å². The highest BCUT2D eigenvalue weighted by Crippen LogP contribution is 2.42. The largest absolute Gasteiger partial charge is 0.493 e. The normalized spacial score (nSPS) is 13.0. The number of nitrogens with one attached hydrogen (secondary N) is 2. The topological polar surface area (TPSA) is 127 Å². The third kappa shape index (κ3) is 9.08. The Bertz CT molecular complexity index is 3630. The van der Waals surface area contributed by atoms with Gasteiger partial charge < -0.3 is 19.4 Å². The highest BCUT2D eigenvalue weighted by molar-refractivity contribution is 6.07. The number of rotatable bonds is 11. The van der Waals surface area contributed by atoms with Crippen molar-refractivity contribution in [2.45, 2.75) is 118 Å². The molecule has 3 aromatic heterocycles. The van der Waals surface area contributed by atoms with Crippen LogP contribution in [0.25, 0.3) is 102 Å². The summed E-state index contributed by atoms with van der Waals surface area (Å²) in [5, 5.41) is 3.52. The lowest BCUT2D eigenvalue weighted by atomic mass is 9.85. The number of unbranched alkanes of at least 4 members (excludes halogenated alkanes) is 1. The van der Waals surface area contributed by atoms with Gasteiger partial charge >= 0.3 is 0 Å². The molecule has 5 heterocycles. The maximum absolute atomic E-state index is 6.77. The first kappa shape index (κ1) is 48.2. The molecular formula is C62H66N8O2. The van der Waals surface area contributed by atoms with E-state index in [4.69, 9.17) is 39.4 Å². The van der Waals surface area contributed by atoms with Crippen LogP contribution in [-0.4, -0.2) is 46.5 Å². The van der Waals surface area contributed by atoms with Gasteiger partial charge in [0, 0.05) is 54.9 Å². The van der Waals surface area contributed by atoms with Gasteiger partial charge in [0.2, 0.25) is 0 Å². The molecule has 0 spiro atoms. The number of aromatic amines is 2. The van der Waals surface area contributed by atoms with Gasteiger partial charge in [-0.2, -0.15) is 0 Å². The zero-order valence-corrected chi connectivity index (χ0v) is 43.8. The molecule has 0 amide bonds. The van der Waals surface area contributed by atoms with Gasteiger partial charge in [-0.3, -0.25) is 0 Å². The van der Waals surface area contributed by atoms with Gasteiger partial charge in [-0.05, 0) is 93.8 Å². The number of fused-ring (bicyclic) bond motifs is 20. The molecule has 2 aliphatic heterocycles. The number of H-pyrrole nitrogens is 2. The van der Waals surface area contributed by atoms with Crippen LogP contribution >= 0.6 is 0 Å². The number of benzene rings is 5. The molecule has 0 saturated heterocycles. The minimum Gasteiger partial charge on any atom is -0.493 e. The molecule has 8 aromatic rings. The fourth-order valence-electron chi connectivity index (χ4n) is 9.59. The second kappa shape index (κ2) is 18.3. The van der Waals surface area contributed by atoms with Crippen LogP contribution in [0.2, 0.25) is 0 Å². The van der Waals surface area contributed by atoms with Crippen molar-refractivity contribution in [3.8, 4) is 62.8 Å². The zero-order chi connectivity index (χ0) is 50.9. The predicted molar refractivity (Wildman–Crippen MR) is 298 cm³/mol. The number of ether oxygens (including phenoxy) is 2. The van der Waals surface area contributed by atoms with Crippen LogP contribution in [0.5, 0.6) is 17.2 Å². The highest BCUT2D eigenvalue weighted by atomic mass is 16.5. The Hall–Kier alpha value is -7.46. The van der Waals surface area contributed by atoms with Crippen molar-refractivity contribution < 1.29 is 9.47 Å². The van der Waals surface area contributed by atoms with E-state index in [0.29, 0.717) is 69.9 Å². The Morgan fingerprint density at radius 2 is 0.944 bits per heavy atom. The second-order valence-electron chi connectivity index (χ2n) is 22.5. The van der Waals surface area contributed by atoms with Gasteiger partial charge in [0.25, 0.3) is 0 Å². The molecule has 10 nitrogen and oxygen atoms in total. The molecule has 0 saturated carbocycles. The summed E-state index contributed by atoms with van der Waals surface area (Å²) in [6.45, 7) is 33.4. The first-order valence-corrected chi connectivity index (χ1v) is 25.5. The summed E-state index contributed by atoms with van der Waals surface area (Å²) >= 11 is 0. The lowest BCUT2D eigenvalue weighted by Gasteiger charge is -2.19. The molecule has 10 heteroatoms. The Labute approximate surface area is 423 Å². The van der Waals surface area contributed by atoms with Crippen LogP contribution in [0.4, 0.5) is 0 Å². The molecule has 72 heavy (non-hydrogen) atoms. The van der Waals surface area contributed by atoms with Crippen molar-refractivity contribution in [3.63, 3.8) is 0 Å². The molecule has 5 aromatic carbocycles. The third-order valence-electron chi connectivity index (χ3n) is 14.2. The van der Waals surface area contributed by atoms with Crippen molar-refractivity contribution >= 4 is 56.3 Å². The predicted octanol–water partition coefficient (Wildman–Crippen LogP) is 16.4. The minimum absolute atomic E-state index is 0.0974. The molecule has 0 fully saturated rings. The number of hydrogen-bond donors (Lipinski definition) is 2. The lowest BCUT2D eigenvalue weighted by molar-refractivity contribution is 0.232. The molecule has 1 unspecified atom stereocenters. The van der Waals surface area contributed by atoms with Crippen LogP contribution < -0.4 is 9.47 Å². The average molecular weight is 955 g/mol. The van der Waals surface area contributed by atoms with Gasteiger partial charge in [0.05, 0.1) is 6.61 Å². The summed E-state index contributed by atoms with van der Waals surface area (Å²) in [6.07, 6.45) is 8.18. The van der Waals surface area contributed by atoms with E-state index in [1.54, 1.807) is 6.08 Å². The maximum Gasteiger partial charge on any atom is 0.164 e. The Kier molecular flexibility index (Phi) is 12.2. The molecule has 2 N–H and O–H groups in total. The molecule has 366 valence electrons. The molecule has 0 aliphatic carbocycles. The first-order chi connectivity index (χ1) is 34.3. The molecule has 8 bridgehead atoms. The fraction of sp³-hybridized carbons (Fsp3) is 0.323. The van der Waals surface area contributed by atoms with Crippen LogP contribution in [0.1, 0.15) is 130 Å². The maximum atomic E-state index is 6.77. The van der Waals surface area contributed by atoms with E-state index in [-0.39, 0.29) is 16.2 Å². The molecule has 1 atom stereocenters. The van der Waals surface area contributed by atoms with E-state index >= 15 is 0 Å². The summed E-state index contributed by atoms with van der Waals surface area (Å²) in [6, 6.07) is 29.5. The van der Waals surface area contributed by atoms with Gasteiger partial charge in [0.15, 0.2) is 23.3 Å². The van der Waals surface area contributed by atoms with Crippen molar-refractivity contribution in [1.82, 2.24) is 39.9 Å². The minimum atomic E-state index is -0.120. The molecule has 2 aliphatic rings. The Balaban J connectivity index is 1.22. The standard InChI is InChI=1S/C62H66N8O2/c1-14-18-19-35(15-2)34-71-50-28-37(17-4)51(29-36(50)16-3)72-41-23-27-45-49(33-41)59-69-54-44-26-22-40(62(11,12)13)32-48(44)57(67-54)65-52-42-24-20-38(60(5,6)7)30-46(42)56(63-52)64-53-43-25-21-39(61(8,9)10)31-47(43)58(66-53)68-55(45)70-59/h16-17,20-33,35H,3-4,14-15,18-19,34H2,1-2,5-13H3,(H2,63,64,65,66,67,68,69,70). The monoisotopic (exact) mass is 955 g/mol. The van der Waals surface area contributed by atoms with Crippen LogP contribution in [0.3, 0.4) is 0 Å². The van der Waals surface area contributed by atoms with E-state index in [9.17, 15) is 0 Å². The van der Waals surface area contributed by atoms with E-state index in [2.05, 4.69) is 154 Å². The van der Waals surface area contributed by atoms with Gasteiger partial charge in [-0.15, -0.1) is 0 Å². The fourth-order valence-corrected chi connectivity index (χ4v) is 9.59. The quantitative estimate of drug-likeness (QED) is 0.131. The smallest absolute Gasteiger partial charge is 0.164 e. The summed E-state index contributed by atoms with van der Waals surface area (Å²) in [4.78, 5) is 39.2. The molecular weight excluding hydrogens is 889 g/mol. The van der Waals surface area contributed by atoms with E-state index in [1.165, 1.54) is 29.5 Å². The van der Waals surface area contributed by atoms with Crippen molar-refractivity contribution in [2.24, 2.45) is 5.92 Å². The van der Waals surface area contributed by atoms with Crippen LogP contribution in [0.15, 0.2) is 98.1 Å². The summed E-state index contributed by atoms with van der Waals surface area (Å²) in [7, 11) is 0. The number of hydrogen-bond acceptors (Lipinski definition) is 8. The average Bonchev–Trinajstić information content (AvgIpc) is 4.08. The van der Waals surface area contributed by atoms with E-state index < -0.39 is 0 Å². The summed E-state index contributed by atoms with van der Waals surface area (Å²) in [5.74, 6) is 4.68. The summed E-state index contributed by atoms with van der Waals surface area (Å²) in [5.41, 5.74) is 10.9. The second-order valence-corrected chi connectivity index (χ2v) is 22.5. The van der Waals surface area contributed by atoms with E-state index in [1.807, 2.05) is 36.4 Å². The third-order valence-corrected chi connectivity index (χ3v) is 14.2. The van der Waals surface area contributed by atoms with Gasteiger partial charge in [-0.1, -0.05) is 157 Å².